The highest BCUT2D eigenvalue weighted by molar-refractivity contribution is 7.15. The molecule has 2 fully saturated rings. The predicted octanol–water partition coefficient (Wildman–Crippen LogP) is 2.71. The Balaban J connectivity index is 1.52. The normalized spacial score (nSPS) is 32.7. The first-order chi connectivity index (χ1) is 10.6. The Morgan fingerprint density at radius 1 is 1.14 bits per heavy atom. The zero-order chi connectivity index (χ0) is 15.3. The summed E-state index contributed by atoms with van der Waals surface area (Å²) in [6.07, 6.45) is 7.23. The summed E-state index contributed by atoms with van der Waals surface area (Å²) in [4.78, 5) is 30.0. The van der Waals surface area contributed by atoms with E-state index in [9.17, 15) is 14.7 Å². The minimum absolute atomic E-state index is 0.134. The van der Waals surface area contributed by atoms with Crippen LogP contribution in [0.25, 0.3) is 0 Å². The summed E-state index contributed by atoms with van der Waals surface area (Å²) in [6.45, 7) is 0. The smallest absolute Gasteiger partial charge is 0.307 e. The molecule has 2 saturated carbocycles. The van der Waals surface area contributed by atoms with E-state index in [1.165, 1.54) is 11.3 Å². The number of aliphatic carboxylic acids is 1. The molecule has 3 aliphatic carbocycles. The van der Waals surface area contributed by atoms with Crippen molar-refractivity contribution in [1.82, 2.24) is 4.98 Å². The zero-order valence-corrected chi connectivity index (χ0v) is 13.2. The van der Waals surface area contributed by atoms with Gasteiger partial charge in [-0.2, -0.15) is 0 Å². The van der Waals surface area contributed by atoms with Crippen LogP contribution in [-0.2, 0) is 22.4 Å². The van der Waals surface area contributed by atoms with Gasteiger partial charge < -0.3 is 10.4 Å². The van der Waals surface area contributed by atoms with E-state index in [0.717, 1.165) is 44.2 Å². The first-order valence-corrected chi connectivity index (χ1v) is 8.97. The molecule has 0 aliphatic heterocycles. The van der Waals surface area contributed by atoms with Gasteiger partial charge in [-0.1, -0.05) is 0 Å². The number of thiazole rings is 1. The number of carbonyl (C=O) groups excluding carboxylic acids is 1. The molecular weight excluding hydrogens is 300 g/mol. The van der Waals surface area contributed by atoms with E-state index < -0.39 is 11.9 Å². The number of carboxylic acid groups (broad SMARTS) is 1. The van der Waals surface area contributed by atoms with Crippen LogP contribution in [0, 0.1) is 23.7 Å². The van der Waals surface area contributed by atoms with Crippen LogP contribution in [0.2, 0.25) is 0 Å². The van der Waals surface area contributed by atoms with Gasteiger partial charge in [0.1, 0.15) is 0 Å². The molecule has 1 aromatic heterocycles. The van der Waals surface area contributed by atoms with Gasteiger partial charge in [-0.05, 0) is 56.8 Å². The van der Waals surface area contributed by atoms with E-state index in [2.05, 4.69) is 10.3 Å². The summed E-state index contributed by atoms with van der Waals surface area (Å²) in [5.41, 5.74) is 1.12. The van der Waals surface area contributed by atoms with E-state index in [1.54, 1.807) is 11.3 Å². The number of nitrogens with one attached hydrogen (secondary N) is 1. The van der Waals surface area contributed by atoms with Gasteiger partial charge in [-0.25, -0.2) is 4.98 Å². The van der Waals surface area contributed by atoms with Crippen molar-refractivity contribution in [2.45, 2.75) is 44.9 Å². The van der Waals surface area contributed by atoms with E-state index in [-0.39, 0.29) is 23.7 Å². The number of nitrogens with zero attached hydrogens (tertiary/aromatic N) is 1. The first-order valence-electron chi connectivity index (χ1n) is 8.15. The van der Waals surface area contributed by atoms with Crippen molar-refractivity contribution in [3.8, 4) is 0 Å². The molecule has 0 radical (unpaired) electrons. The molecule has 0 spiro atoms. The predicted molar refractivity (Wildman–Crippen MR) is 82.8 cm³/mol. The highest BCUT2D eigenvalue weighted by Gasteiger charge is 2.54. The molecular formula is C16H20N2O3S. The standard InChI is InChI=1S/C16H20N2O3S/c19-14(12-8-5-6-9(7-8)13(12)15(20)21)18-16-17-10-3-1-2-4-11(10)22-16/h8-9,12-13H,1-7H2,(H,20,21)(H,17,18,19)/t8-,9-,12+,13+/m0/s1. The summed E-state index contributed by atoms with van der Waals surface area (Å²) < 4.78 is 0. The van der Waals surface area contributed by atoms with E-state index in [4.69, 9.17) is 0 Å². The Morgan fingerprint density at radius 2 is 1.86 bits per heavy atom. The highest BCUT2D eigenvalue weighted by atomic mass is 32.1. The minimum atomic E-state index is -0.814. The number of carbonyl (C=O) groups is 2. The van der Waals surface area contributed by atoms with Gasteiger partial charge in [-0.15, -0.1) is 11.3 Å². The van der Waals surface area contributed by atoms with Crippen LogP contribution in [-0.4, -0.2) is 22.0 Å². The van der Waals surface area contributed by atoms with Crippen LogP contribution in [0.15, 0.2) is 0 Å². The fourth-order valence-corrected chi connectivity index (χ4v) is 5.67. The third kappa shape index (κ3) is 2.24. The molecule has 2 bridgehead atoms. The monoisotopic (exact) mass is 320 g/mol. The molecule has 2 N–H and O–H groups in total. The van der Waals surface area contributed by atoms with Crippen molar-refractivity contribution in [3.05, 3.63) is 10.6 Å². The Morgan fingerprint density at radius 3 is 2.59 bits per heavy atom. The van der Waals surface area contributed by atoms with Crippen molar-refractivity contribution in [2.75, 3.05) is 5.32 Å². The lowest BCUT2D eigenvalue weighted by Crippen LogP contribution is -2.37. The van der Waals surface area contributed by atoms with Gasteiger partial charge in [0, 0.05) is 4.88 Å². The van der Waals surface area contributed by atoms with Crippen molar-refractivity contribution in [3.63, 3.8) is 0 Å². The van der Waals surface area contributed by atoms with Gasteiger partial charge in [-0.3, -0.25) is 9.59 Å². The topological polar surface area (TPSA) is 79.3 Å². The number of rotatable bonds is 3. The van der Waals surface area contributed by atoms with Gasteiger partial charge in [0.2, 0.25) is 5.91 Å². The number of aromatic nitrogens is 1. The summed E-state index contributed by atoms with van der Waals surface area (Å²) in [5, 5.41) is 13.0. The average Bonchev–Trinajstić information content (AvgIpc) is 3.19. The Bertz CT molecular complexity index is 603. The van der Waals surface area contributed by atoms with Gasteiger partial charge in [0.25, 0.3) is 0 Å². The maximum Gasteiger partial charge on any atom is 0.307 e. The van der Waals surface area contributed by atoms with Crippen molar-refractivity contribution >= 4 is 28.3 Å². The van der Waals surface area contributed by atoms with Crippen molar-refractivity contribution in [1.29, 1.82) is 0 Å². The second-order valence-corrected chi connectivity index (χ2v) is 7.89. The summed E-state index contributed by atoms with van der Waals surface area (Å²) in [5.74, 6) is -1.41. The van der Waals surface area contributed by atoms with Crippen LogP contribution < -0.4 is 5.32 Å². The SMILES string of the molecule is O=C(O)[C@@H]1[C@H]2CC[C@@H](C2)[C@H]1C(=O)Nc1nc2c(s1)CCCC2. The number of hydrogen-bond donors (Lipinski definition) is 2. The molecule has 6 heteroatoms. The van der Waals surface area contributed by atoms with Gasteiger partial charge in [0.05, 0.1) is 17.5 Å². The molecule has 0 saturated heterocycles. The van der Waals surface area contributed by atoms with Crippen LogP contribution in [0.3, 0.4) is 0 Å². The molecule has 4 rings (SSSR count). The summed E-state index contributed by atoms with van der Waals surface area (Å²) in [6, 6.07) is 0. The zero-order valence-electron chi connectivity index (χ0n) is 12.4. The minimum Gasteiger partial charge on any atom is -0.481 e. The molecule has 118 valence electrons. The number of carboxylic acids is 1. The number of anilines is 1. The molecule has 3 aliphatic rings. The second kappa shape index (κ2) is 5.33. The molecule has 1 aromatic rings. The fraction of sp³-hybridized carbons (Fsp3) is 0.688. The van der Waals surface area contributed by atoms with Gasteiger partial charge in [0.15, 0.2) is 5.13 Å². The molecule has 1 amide bonds. The summed E-state index contributed by atoms with van der Waals surface area (Å²) in [7, 11) is 0. The number of amides is 1. The molecule has 22 heavy (non-hydrogen) atoms. The van der Waals surface area contributed by atoms with Gasteiger partial charge >= 0.3 is 5.97 Å². The second-order valence-electron chi connectivity index (χ2n) is 6.81. The Kier molecular flexibility index (Phi) is 3.44. The maximum atomic E-state index is 12.6. The van der Waals surface area contributed by atoms with E-state index in [1.807, 2.05) is 0 Å². The quantitative estimate of drug-likeness (QED) is 0.897. The molecule has 0 aromatic carbocycles. The third-order valence-corrected chi connectivity index (χ3v) is 6.65. The lowest BCUT2D eigenvalue weighted by molar-refractivity contribution is -0.148. The highest BCUT2D eigenvalue weighted by Crippen LogP contribution is 2.52. The van der Waals surface area contributed by atoms with Crippen LogP contribution in [0.1, 0.15) is 42.7 Å². The lowest BCUT2D eigenvalue weighted by Gasteiger charge is -2.26. The number of hydrogen-bond acceptors (Lipinski definition) is 4. The Hall–Kier alpha value is -1.43. The van der Waals surface area contributed by atoms with Crippen molar-refractivity contribution in [2.24, 2.45) is 23.7 Å². The van der Waals surface area contributed by atoms with Crippen molar-refractivity contribution < 1.29 is 14.7 Å². The number of fused-ring (bicyclic) bond motifs is 3. The first kappa shape index (κ1) is 14.2. The maximum absolute atomic E-state index is 12.6. The Labute approximate surface area is 133 Å². The molecule has 1 heterocycles. The van der Waals surface area contributed by atoms with E-state index in [0.29, 0.717) is 5.13 Å². The van der Waals surface area contributed by atoms with Crippen LogP contribution in [0.4, 0.5) is 5.13 Å². The lowest BCUT2D eigenvalue weighted by atomic mass is 9.79. The fourth-order valence-electron chi connectivity index (χ4n) is 4.62. The average molecular weight is 320 g/mol. The third-order valence-electron chi connectivity index (χ3n) is 5.58. The largest absolute Gasteiger partial charge is 0.481 e. The molecule has 0 unspecified atom stereocenters. The number of aryl methyl sites for hydroxylation is 2. The van der Waals surface area contributed by atoms with E-state index >= 15 is 0 Å². The summed E-state index contributed by atoms with van der Waals surface area (Å²) >= 11 is 1.56. The molecule has 5 nitrogen and oxygen atoms in total. The van der Waals surface area contributed by atoms with Crippen LogP contribution in [0.5, 0.6) is 0 Å². The molecule has 4 atom stereocenters. The van der Waals surface area contributed by atoms with Crippen LogP contribution >= 0.6 is 11.3 Å².